The van der Waals surface area contributed by atoms with Crippen LogP contribution in [0.5, 0.6) is 0 Å². The van der Waals surface area contributed by atoms with E-state index in [1.54, 1.807) is 6.92 Å². The molecular formula is C17H25N3O4. The Bertz CT molecular complexity index is 627. The van der Waals surface area contributed by atoms with Crippen LogP contribution in [0.1, 0.15) is 23.0 Å². The maximum absolute atomic E-state index is 11.6. The molecule has 0 unspecified atom stereocenters. The fraction of sp³-hybridized carbons (Fsp3) is 0.647. The van der Waals surface area contributed by atoms with E-state index in [4.69, 9.17) is 9.84 Å². The summed E-state index contributed by atoms with van der Waals surface area (Å²) in [5.41, 5.74) is 1.83. The molecular weight excluding hydrogens is 310 g/mol. The second kappa shape index (κ2) is 7.04. The van der Waals surface area contributed by atoms with Gasteiger partial charge in [0.2, 0.25) is 0 Å². The highest BCUT2D eigenvalue weighted by Gasteiger charge is 2.34. The molecule has 0 aromatic carbocycles. The van der Waals surface area contributed by atoms with Gasteiger partial charge >= 0.3 is 5.97 Å². The molecule has 3 rings (SSSR count). The number of carboxylic acids is 1. The van der Waals surface area contributed by atoms with Gasteiger partial charge in [-0.3, -0.25) is 19.4 Å². The molecule has 2 atom stereocenters. The van der Waals surface area contributed by atoms with Crippen LogP contribution in [0, 0.1) is 5.92 Å². The summed E-state index contributed by atoms with van der Waals surface area (Å²) in [7, 11) is 1.96. The first kappa shape index (κ1) is 17.1. The smallest absolute Gasteiger partial charge is 0.317 e. The highest BCUT2D eigenvalue weighted by molar-refractivity contribution is 5.94. The van der Waals surface area contributed by atoms with Crippen LogP contribution in [0.4, 0.5) is 0 Å². The zero-order chi connectivity index (χ0) is 17.3. The molecule has 3 heterocycles. The summed E-state index contributed by atoms with van der Waals surface area (Å²) in [6, 6.07) is 2.13. The Kier molecular flexibility index (Phi) is 5.03. The number of nitrogens with zero attached hydrogens (tertiary/aromatic N) is 3. The summed E-state index contributed by atoms with van der Waals surface area (Å²) < 4.78 is 7.78. The SMILES string of the molecule is CC(=O)c1cc(CN2C[C@H]3COC[C@@H]2CN(CC(=O)O)C3)n(C)c1. The average molecular weight is 335 g/mol. The number of ether oxygens (including phenoxy) is 1. The second-order valence-electron chi connectivity index (χ2n) is 6.96. The van der Waals surface area contributed by atoms with Crippen molar-refractivity contribution in [2.75, 3.05) is 39.4 Å². The van der Waals surface area contributed by atoms with Gasteiger partial charge in [-0.2, -0.15) is 0 Å². The summed E-state index contributed by atoms with van der Waals surface area (Å²) in [5, 5.41) is 9.09. The highest BCUT2D eigenvalue weighted by atomic mass is 16.5. The van der Waals surface area contributed by atoms with E-state index in [1.165, 1.54) is 0 Å². The fourth-order valence-corrected chi connectivity index (χ4v) is 3.71. The summed E-state index contributed by atoms with van der Waals surface area (Å²) in [6.07, 6.45) is 1.87. The minimum Gasteiger partial charge on any atom is -0.480 e. The third kappa shape index (κ3) is 3.85. The number of aliphatic carboxylic acids is 1. The number of carboxylic acid groups (broad SMARTS) is 1. The molecule has 2 aliphatic heterocycles. The van der Waals surface area contributed by atoms with Crippen molar-refractivity contribution < 1.29 is 19.4 Å². The van der Waals surface area contributed by atoms with Crippen LogP contribution in [-0.4, -0.2) is 76.7 Å². The summed E-state index contributed by atoms with van der Waals surface area (Å²) in [4.78, 5) is 27.0. The number of aromatic nitrogens is 1. The van der Waals surface area contributed by atoms with Gasteiger partial charge in [0.15, 0.2) is 5.78 Å². The van der Waals surface area contributed by atoms with E-state index in [1.807, 2.05) is 28.8 Å². The Hall–Kier alpha value is -1.70. The number of rotatable bonds is 5. The Labute approximate surface area is 141 Å². The van der Waals surface area contributed by atoms with Crippen molar-refractivity contribution >= 4 is 11.8 Å². The van der Waals surface area contributed by atoms with E-state index in [2.05, 4.69) is 4.90 Å². The molecule has 2 bridgehead atoms. The second-order valence-corrected chi connectivity index (χ2v) is 6.96. The van der Waals surface area contributed by atoms with Crippen LogP contribution in [0.25, 0.3) is 0 Å². The number of fused-ring (bicyclic) bond motifs is 3. The third-order valence-corrected chi connectivity index (χ3v) is 4.90. The molecule has 2 aliphatic rings. The largest absolute Gasteiger partial charge is 0.480 e. The van der Waals surface area contributed by atoms with Crippen molar-refractivity contribution in [2.45, 2.75) is 19.5 Å². The van der Waals surface area contributed by atoms with Crippen LogP contribution < -0.4 is 0 Å². The lowest BCUT2D eigenvalue weighted by molar-refractivity contribution is -0.138. The van der Waals surface area contributed by atoms with Crippen LogP contribution in [0.15, 0.2) is 12.3 Å². The molecule has 7 nitrogen and oxygen atoms in total. The molecule has 0 spiro atoms. The number of carbonyl (C=O) groups excluding carboxylic acids is 1. The molecule has 0 aliphatic carbocycles. The number of carbonyl (C=O) groups is 2. The number of hydrogen-bond donors (Lipinski definition) is 1. The van der Waals surface area contributed by atoms with Crippen LogP contribution in [0.3, 0.4) is 0 Å². The lowest BCUT2D eigenvalue weighted by atomic mass is 10.1. The molecule has 0 saturated carbocycles. The molecule has 1 aromatic heterocycles. The highest BCUT2D eigenvalue weighted by Crippen LogP contribution is 2.22. The monoisotopic (exact) mass is 335 g/mol. The maximum Gasteiger partial charge on any atom is 0.317 e. The third-order valence-electron chi connectivity index (χ3n) is 4.90. The van der Waals surface area contributed by atoms with Crippen LogP contribution in [0.2, 0.25) is 0 Å². The van der Waals surface area contributed by atoms with Gasteiger partial charge in [0.1, 0.15) is 0 Å². The lowest BCUT2D eigenvalue weighted by Crippen LogP contribution is -2.45. The summed E-state index contributed by atoms with van der Waals surface area (Å²) in [6.45, 7) is 6.05. The molecule has 7 heteroatoms. The number of Topliss-reactive ketones (excluding diaryl/α,β-unsaturated/α-hetero) is 1. The van der Waals surface area contributed by atoms with Gasteiger partial charge in [-0.15, -0.1) is 0 Å². The molecule has 1 aromatic rings. The summed E-state index contributed by atoms with van der Waals surface area (Å²) in [5.74, 6) is -0.400. The molecule has 2 fully saturated rings. The van der Waals surface area contributed by atoms with Gasteiger partial charge in [-0.05, 0) is 13.0 Å². The van der Waals surface area contributed by atoms with Crippen molar-refractivity contribution in [3.05, 3.63) is 23.5 Å². The quantitative estimate of drug-likeness (QED) is 0.787. The Morgan fingerprint density at radius 1 is 1.29 bits per heavy atom. The zero-order valence-corrected chi connectivity index (χ0v) is 14.3. The van der Waals surface area contributed by atoms with E-state index in [0.717, 1.165) is 30.9 Å². The normalized spacial score (nSPS) is 25.4. The van der Waals surface area contributed by atoms with Gasteiger partial charge in [-0.25, -0.2) is 0 Å². The molecule has 2 saturated heterocycles. The van der Waals surface area contributed by atoms with Crippen molar-refractivity contribution in [2.24, 2.45) is 13.0 Å². The molecule has 1 N–H and O–H groups in total. The Balaban J connectivity index is 1.76. The first-order valence-electron chi connectivity index (χ1n) is 8.34. The van der Waals surface area contributed by atoms with Gasteiger partial charge in [0, 0.05) is 62.6 Å². The number of aryl methyl sites for hydroxylation is 1. The zero-order valence-electron chi connectivity index (χ0n) is 14.3. The van der Waals surface area contributed by atoms with Gasteiger partial charge in [0.25, 0.3) is 0 Å². The molecule has 132 valence electrons. The van der Waals surface area contributed by atoms with Gasteiger partial charge in [0.05, 0.1) is 19.8 Å². The van der Waals surface area contributed by atoms with Crippen molar-refractivity contribution in [1.29, 1.82) is 0 Å². The Morgan fingerprint density at radius 2 is 2.08 bits per heavy atom. The molecule has 24 heavy (non-hydrogen) atoms. The van der Waals surface area contributed by atoms with Crippen LogP contribution >= 0.6 is 0 Å². The molecule has 0 radical (unpaired) electrons. The van der Waals surface area contributed by atoms with E-state index in [9.17, 15) is 9.59 Å². The number of hydrogen-bond acceptors (Lipinski definition) is 5. The van der Waals surface area contributed by atoms with Crippen molar-refractivity contribution in [1.82, 2.24) is 14.4 Å². The predicted octanol–water partition coefficient (Wildman–Crippen LogP) is 0.445. The van der Waals surface area contributed by atoms with Crippen molar-refractivity contribution in [3.63, 3.8) is 0 Å². The Morgan fingerprint density at radius 3 is 2.75 bits per heavy atom. The first-order chi connectivity index (χ1) is 11.4. The number of ketones is 1. The van der Waals surface area contributed by atoms with E-state index >= 15 is 0 Å². The first-order valence-corrected chi connectivity index (χ1v) is 8.34. The maximum atomic E-state index is 11.6. The van der Waals surface area contributed by atoms with Crippen LogP contribution in [-0.2, 0) is 23.1 Å². The topological polar surface area (TPSA) is 75.0 Å². The average Bonchev–Trinajstić information content (AvgIpc) is 2.63. The minimum atomic E-state index is -0.782. The predicted molar refractivity (Wildman–Crippen MR) is 88.0 cm³/mol. The van der Waals surface area contributed by atoms with Gasteiger partial charge < -0.3 is 14.4 Å². The molecule has 0 amide bonds. The summed E-state index contributed by atoms with van der Waals surface area (Å²) >= 11 is 0. The minimum absolute atomic E-state index is 0.0717. The van der Waals surface area contributed by atoms with Crippen molar-refractivity contribution in [3.8, 4) is 0 Å². The van der Waals surface area contributed by atoms with E-state index < -0.39 is 5.97 Å². The fourth-order valence-electron chi connectivity index (χ4n) is 3.71. The standard InChI is InChI=1S/C17H25N3O4/c1-12(21)14-3-15(18(2)6-14)8-20-5-13-4-19(9-17(22)23)7-16(20)11-24-10-13/h3,6,13,16H,4-5,7-11H2,1-2H3,(H,22,23)/t13-,16-/m0/s1. The van der Waals surface area contributed by atoms with Gasteiger partial charge in [-0.1, -0.05) is 0 Å². The van der Waals surface area contributed by atoms with E-state index in [0.29, 0.717) is 25.7 Å². The lowest BCUT2D eigenvalue weighted by Gasteiger charge is -2.30. The van der Waals surface area contributed by atoms with E-state index in [-0.39, 0.29) is 18.4 Å².